The van der Waals surface area contributed by atoms with E-state index in [1.54, 1.807) is 4.90 Å². The summed E-state index contributed by atoms with van der Waals surface area (Å²) in [6.45, 7) is 4.26. The number of fused-ring (bicyclic) bond motifs is 7. The van der Waals surface area contributed by atoms with E-state index in [9.17, 15) is 10.6 Å². The minimum Gasteiger partial charge on any atom is -0.507 e. The third-order valence-corrected chi connectivity index (χ3v) is 12.5. The molecule has 0 aliphatic heterocycles. The molecule has 0 fully saturated rings. The lowest BCUT2D eigenvalue weighted by Gasteiger charge is -2.29. The van der Waals surface area contributed by atoms with E-state index in [1.165, 1.54) is 0 Å². The maximum atomic E-state index is 12.3. The number of nitrogens with zero attached hydrogens (tertiary/aromatic N) is 2. The number of benzene rings is 10. The van der Waals surface area contributed by atoms with Gasteiger partial charge < -0.3 is 14.6 Å². The zero-order valence-corrected chi connectivity index (χ0v) is 34.7. The van der Waals surface area contributed by atoms with Crippen LogP contribution in [0.25, 0.3) is 82.8 Å². The van der Waals surface area contributed by atoms with Gasteiger partial charge in [0.2, 0.25) is 0 Å². The van der Waals surface area contributed by atoms with E-state index in [1.807, 2.05) is 97.1 Å². The van der Waals surface area contributed by atoms with Crippen LogP contribution in [-0.4, -0.2) is 9.67 Å². The molecular weight excluding hydrogens is 777 g/mol. The quantitative estimate of drug-likeness (QED) is 0.173. The molecular formula is C61H44N2O. The number of aromatic nitrogens is 1. The van der Waals surface area contributed by atoms with Crippen molar-refractivity contribution in [3.8, 4) is 55.9 Å². The van der Waals surface area contributed by atoms with Crippen LogP contribution in [0.5, 0.6) is 5.75 Å². The third kappa shape index (κ3) is 5.89. The van der Waals surface area contributed by atoms with Gasteiger partial charge in [-0.25, -0.2) is 0 Å². The molecule has 11 aromatic rings. The SMILES string of the molecule is [2H]c1c([2H])c(-c2cc3c([2H])c([2H])c([2H])c([2H])c3c([2H])c2[2H])c(O)c(-c2c([2H])c([2H])c(N(c3ccc(-c4ccccc4-n4c5ccccc5c5ccccc54)cc3)c3cccc4c3-c3ccccc3C4(C)C)c([2H])c2[2H])c1[2H]. The molecule has 64 heavy (non-hydrogen) atoms. The summed E-state index contributed by atoms with van der Waals surface area (Å²) in [5.41, 5.74) is 6.98. The minimum atomic E-state index is -0.939. The molecule has 0 atom stereocenters. The highest BCUT2D eigenvalue weighted by Gasteiger charge is 2.37. The highest BCUT2D eigenvalue weighted by molar-refractivity contribution is 6.10. The van der Waals surface area contributed by atoms with Crippen molar-refractivity contribution >= 4 is 49.6 Å². The predicted molar refractivity (Wildman–Crippen MR) is 269 cm³/mol. The number of hydrogen-bond acceptors (Lipinski definition) is 2. The fourth-order valence-corrected chi connectivity index (χ4v) is 9.49. The Bertz CT molecular complexity index is 4300. The smallest absolute Gasteiger partial charge is 0.131 e. The highest BCUT2D eigenvalue weighted by atomic mass is 16.3. The van der Waals surface area contributed by atoms with Crippen LogP contribution in [0.15, 0.2) is 224 Å². The molecule has 0 unspecified atom stereocenters. The van der Waals surface area contributed by atoms with Gasteiger partial charge in [0.25, 0.3) is 0 Å². The van der Waals surface area contributed by atoms with Crippen molar-refractivity contribution in [1.82, 2.24) is 4.57 Å². The van der Waals surface area contributed by atoms with E-state index in [0.29, 0.717) is 11.4 Å². The zero-order valence-electron chi connectivity index (χ0n) is 47.7. The molecule has 0 amide bonds. The lowest BCUT2D eigenvalue weighted by Crippen LogP contribution is -2.16. The van der Waals surface area contributed by atoms with Crippen molar-refractivity contribution in [2.45, 2.75) is 19.3 Å². The fourth-order valence-electron chi connectivity index (χ4n) is 9.49. The zero-order chi connectivity index (χ0) is 54.3. The van der Waals surface area contributed by atoms with Crippen LogP contribution in [-0.2, 0) is 5.41 Å². The first-order valence-corrected chi connectivity index (χ1v) is 21.0. The Kier molecular flexibility index (Phi) is 6.08. The number of phenolic OH excluding ortho intramolecular Hbond substituents is 1. The molecule has 0 saturated carbocycles. The summed E-state index contributed by atoms with van der Waals surface area (Å²) >= 11 is 0. The van der Waals surface area contributed by atoms with Crippen molar-refractivity contribution in [2.75, 3.05) is 4.90 Å². The van der Waals surface area contributed by atoms with Gasteiger partial charge in [-0.05, 0) is 98.7 Å². The van der Waals surface area contributed by atoms with Gasteiger partial charge in [0.05, 0.1) is 40.2 Å². The second-order valence-corrected chi connectivity index (χ2v) is 16.4. The van der Waals surface area contributed by atoms with Gasteiger partial charge in [0.15, 0.2) is 0 Å². The van der Waals surface area contributed by atoms with Crippen LogP contribution in [0.1, 0.15) is 42.8 Å². The maximum absolute atomic E-state index is 12.3. The number of rotatable bonds is 7. The fraction of sp³-hybridized carbons (Fsp3) is 0.0492. The Balaban J connectivity index is 1.07. The third-order valence-electron chi connectivity index (χ3n) is 12.5. The summed E-state index contributed by atoms with van der Waals surface area (Å²) in [7, 11) is 0. The van der Waals surface area contributed by atoms with Crippen molar-refractivity contribution in [3.05, 3.63) is 235 Å². The average molecular weight is 834 g/mol. The van der Waals surface area contributed by atoms with E-state index in [4.69, 9.17) is 12.3 Å². The largest absolute Gasteiger partial charge is 0.507 e. The van der Waals surface area contributed by atoms with Crippen molar-refractivity contribution < 1.29 is 22.9 Å². The number of anilines is 3. The van der Waals surface area contributed by atoms with E-state index < -0.39 is 106 Å². The summed E-state index contributed by atoms with van der Waals surface area (Å²) in [5.74, 6) is -0.939. The molecule has 3 heteroatoms. The van der Waals surface area contributed by atoms with Gasteiger partial charge in [-0.15, -0.1) is 0 Å². The Morgan fingerprint density at radius 3 is 1.83 bits per heavy atom. The van der Waals surface area contributed by atoms with Crippen LogP contribution < -0.4 is 4.90 Å². The molecule has 1 aromatic heterocycles. The molecule has 1 N–H and O–H groups in total. The summed E-state index contributed by atoms with van der Waals surface area (Å²) < 4.78 is 120. The van der Waals surface area contributed by atoms with E-state index >= 15 is 0 Å². The summed E-state index contributed by atoms with van der Waals surface area (Å²) in [4.78, 5) is 1.71. The molecule has 0 spiro atoms. The van der Waals surface area contributed by atoms with Crippen LogP contribution >= 0.6 is 0 Å². The standard InChI is InChI=1S/C61H44N2O/c1-61(2)53-23-9-5-20-52(53)59-54(61)24-14-28-58(59)62(46-37-33-42(34-38-46)48-21-13-22-49(60(48)64)44-30-29-40-15-3-4-16-43(40)39-44)45-35-31-41(32-36-45)47-17-6-10-25-55(47)63-56-26-11-7-18-50(56)51-19-8-12-27-57(51)63/h3-39,64H,1-2H3/i3D,4D,13D,15D,16D,21D,22D,29D,30D,33D,34D,37D,38D. The van der Waals surface area contributed by atoms with Crippen LogP contribution in [0, 0.1) is 0 Å². The molecule has 1 heterocycles. The molecule has 0 bridgehead atoms. The first-order valence-electron chi connectivity index (χ1n) is 27.5. The summed E-state index contributed by atoms with van der Waals surface area (Å²) in [6.07, 6.45) is 0. The Morgan fingerprint density at radius 2 is 1.08 bits per heavy atom. The van der Waals surface area contributed by atoms with E-state index in [2.05, 4.69) is 60.9 Å². The second-order valence-electron chi connectivity index (χ2n) is 16.4. The predicted octanol–water partition coefficient (Wildman–Crippen LogP) is 16.4. The lowest BCUT2D eigenvalue weighted by atomic mass is 9.82. The Hall–Kier alpha value is -8.14. The number of hydrogen-bond donors (Lipinski definition) is 1. The van der Waals surface area contributed by atoms with Crippen LogP contribution in [0.4, 0.5) is 17.1 Å². The van der Waals surface area contributed by atoms with Gasteiger partial charge >= 0.3 is 0 Å². The topological polar surface area (TPSA) is 28.4 Å². The molecule has 0 saturated heterocycles. The Morgan fingerprint density at radius 1 is 0.469 bits per heavy atom. The Labute approximate surface area is 391 Å². The van der Waals surface area contributed by atoms with Gasteiger partial charge in [-0.3, -0.25) is 0 Å². The minimum absolute atomic E-state index is 0.150. The van der Waals surface area contributed by atoms with E-state index in [-0.39, 0.29) is 22.0 Å². The molecule has 1 aliphatic carbocycles. The van der Waals surface area contributed by atoms with Crippen LogP contribution in [0.2, 0.25) is 0 Å². The van der Waals surface area contributed by atoms with Crippen molar-refractivity contribution in [3.63, 3.8) is 0 Å². The van der Waals surface area contributed by atoms with Gasteiger partial charge in [-0.1, -0.05) is 183 Å². The maximum Gasteiger partial charge on any atom is 0.131 e. The van der Waals surface area contributed by atoms with Gasteiger partial charge in [0, 0.05) is 49.8 Å². The van der Waals surface area contributed by atoms with Gasteiger partial charge in [0.1, 0.15) is 5.75 Å². The highest BCUT2D eigenvalue weighted by Crippen LogP contribution is 2.54. The van der Waals surface area contributed by atoms with Crippen LogP contribution in [0.3, 0.4) is 0 Å². The molecule has 1 aliphatic rings. The van der Waals surface area contributed by atoms with Crippen molar-refractivity contribution in [2.24, 2.45) is 0 Å². The lowest BCUT2D eigenvalue weighted by molar-refractivity contribution is 0.479. The van der Waals surface area contributed by atoms with E-state index in [0.717, 1.165) is 66.9 Å². The second kappa shape index (κ2) is 14.8. The average Bonchev–Trinajstić information content (AvgIpc) is 4.04. The van der Waals surface area contributed by atoms with Crippen molar-refractivity contribution in [1.29, 1.82) is 0 Å². The first-order chi connectivity index (χ1) is 36.9. The molecule has 3 nitrogen and oxygen atoms in total. The van der Waals surface area contributed by atoms with Gasteiger partial charge in [-0.2, -0.15) is 0 Å². The summed E-state index contributed by atoms with van der Waals surface area (Å²) in [5, 5.41) is 14.1. The first kappa shape index (κ1) is 26.4. The monoisotopic (exact) mass is 833 g/mol. The normalized spacial score (nSPS) is 15.6. The molecule has 10 aromatic carbocycles. The summed E-state index contributed by atoms with van der Waals surface area (Å²) in [6, 6.07) is 38.9. The number of para-hydroxylation sites is 4. The number of phenols is 1. The molecule has 0 radical (unpaired) electrons. The molecule has 304 valence electrons. The molecule has 12 rings (SSSR count). The number of aromatic hydroxyl groups is 1.